The van der Waals surface area contributed by atoms with Gasteiger partial charge in [0.1, 0.15) is 11.4 Å². The number of fused-ring (bicyclic) bond motifs is 1. The van der Waals surface area contributed by atoms with Gasteiger partial charge in [-0.25, -0.2) is 9.78 Å². The van der Waals surface area contributed by atoms with Crippen molar-refractivity contribution in [1.82, 2.24) is 9.38 Å². The Bertz CT molecular complexity index is 1100. The topological polar surface area (TPSA) is 80.9 Å². The van der Waals surface area contributed by atoms with E-state index in [4.69, 9.17) is 4.74 Å². The molecule has 0 saturated heterocycles. The Hall–Kier alpha value is -3.41. The number of pyridine rings is 1. The molecule has 0 aliphatic rings. The lowest BCUT2D eigenvalue weighted by Crippen LogP contribution is -2.22. The zero-order valence-corrected chi connectivity index (χ0v) is 15.9. The monoisotopic (exact) mass is 378 g/mol. The fourth-order valence-corrected chi connectivity index (χ4v) is 2.99. The number of carboxylic acid groups (broad SMARTS) is 1. The molecule has 6 nitrogen and oxygen atoms in total. The van der Waals surface area contributed by atoms with Crippen LogP contribution in [0.15, 0.2) is 47.4 Å². The summed E-state index contributed by atoms with van der Waals surface area (Å²) in [4.78, 5) is 28.7. The number of nitrogens with zero attached hydrogens (tertiary/aromatic N) is 2. The molecule has 1 N–H and O–H groups in total. The Labute approximate surface area is 162 Å². The van der Waals surface area contributed by atoms with Gasteiger partial charge in [0.2, 0.25) is 0 Å². The highest BCUT2D eigenvalue weighted by atomic mass is 16.5. The third-order valence-electron chi connectivity index (χ3n) is 4.30. The van der Waals surface area contributed by atoms with Gasteiger partial charge in [-0.15, -0.1) is 0 Å². The van der Waals surface area contributed by atoms with Crippen molar-refractivity contribution in [2.24, 2.45) is 0 Å². The first kappa shape index (κ1) is 19.4. The molecule has 3 aromatic rings. The molecule has 3 rings (SSSR count). The molecular formula is C22H22N2O4. The van der Waals surface area contributed by atoms with Crippen LogP contribution >= 0.6 is 0 Å². The van der Waals surface area contributed by atoms with Crippen molar-refractivity contribution in [3.63, 3.8) is 0 Å². The first-order valence-electron chi connectivity index (χ1n) is 9.23. The van der Waals surface area contributed by atoms with E-state index in [1.54, 1.807) is 6.07 Å². The Morgan fingerprint density at radius 1 is 1.21 bits per heavy atom. The van der Waals surface area contributed by atoms with E-state index in [1.165, 1.54) is 16.7 Å². The number of carboxylic acids is 1. The minimum atomic E-state index is -1.08. The summed E-state index contributed by atoms with van der Waals surface area (Å²) in [5.41, 5.74) is 2.33. The lowest BCUT2D eigenvalue weighted by molar-refractivity contribution is 0.0696. The number of aromatic carboxylic acids is 1. The van der Waals surface area contributed by atoms with Gasteiger partial charge in [-0.2, -0.15) is 0 Å². The van der Waals surface area contributed by atoms with E-state index in [9.17, 15) is 14.7 Å². The summed E-state index contributed by atoms with van der Waals surface area (Å²) in [7, 11) is 0. The van der Waals surface area contributed by atoms with Gasteiger partial charge in [-0.1, -0.05) is 31.6 Å². The summed E-state index contributed by atoms with van der Waals surface area (Å²) in [6.07, 6.45) is 6.38. The summed E-state index contributed by atoms with van der Waals surface area (Å²) in [5.74, 6) is -0.296. The van der Waals surface area contributed by atoms with Crippen molar-refractivity contribution in [1.29, 1.82) is 0 Å². The van der Waals surface area contributed by atoms with Crippen molar-refractivity contribution in [2.45, 2.75) is 26.7 Å². The predicted molar refractivity (Wildman–Crippen MR) is 109 cm³/mol. The van der Waals surface area contributed by atoms with Gasteiger partial charge < -0.3 is 9.84 Å². The van der Waals surface area contributed by atoms with Gasteiger partial charge in [-0.3, -0.25) is 9.20 Å². The Morgan fingerprint density at radius 3 is 2.75 bits per heavy atom. The van der Waals surface area contributed by atoms with E-state index >= 15 is 0 Å². The average molecular weight is 378 g/mol. The van der Waals surface area contributed by atoms with Crippen molar-refractivity contribution in [2.75, 3.05) is 6.61 Å². The van der Waals surface area contributed by atoms with Crippen molar-refractivity contribution >= 4 is 23.8 Å². The lowest BCUT2D eigenvalue weighted by atomic mass is 10.1. The molecule has 6 heteroatoms. The molecule has 0 radical (unpaired) electrons. The van der Waals surface area contributed by atoms with E-state index < -0.39 is 5.97 Å². The zero-order chi connectivity index (χ0) is 20.1. The summed E-state index contributed by atoms with van der Waals surface area (Å²) < 4.78 is 6.82. The van der Waals surface area contributed by atoms with Crippen molar-refractivity contribution in [3.8, 4) is 5.75 Å². The number of hydrogen-bond donors (Lipinski definition) is 1. The summed E-state index contributed by atoms with van der Waals surface area (Å²) >= 11 is 0. The van der Waals surface area contributed by atoms with Gasteiger partial charge in [0.15, 0.2) is 0 Å². The lowest BCUT2D eigenvalue weighted by Gasteiger charge is -2.08. The van der Waals surface area contributed by atoms with E-state index in [1.807, 2.05) is 50.3 Å². The number of hydrogen-bond acceptors (Lipinski definition) is 4. The molecule has 144 valence electrons. The molecule has 2 aromatic heterocycles. The molecule has 0 atom stereocenters. The van der Waals surface area contributed by atoms with Crippen LogP contribution in [0.25, 0.3) is 17.8 Å². The smallest absolute Gasteiger partial charge is 0.337 e. The van der Waals surface area contributed by atoms with E-state index in [0.29, 0.717) is 29.9 Å². The highest BCUT2D eigenvalue weighted by Crippen LogP contribution is 2.17. The number of carbonyl (C=O) groups is 1. The Balaban J connectivity index is 2.08. The first-order chi connectivity index (χ1) is 13.5. The molecule has 0 aliphatic heterocycles. The summed E-state index contributed by atoms with van der Waals surface area (Å²) in [5, 5.41) is 9.18. The van der Waals surface area contributed by atoms with Crippen LogP contribution in [0.1, 0.15) is 47.4 Å². The number of rotatable bonds is 7. The number of aromatic nitrogens is 2. The van der Waals surface area contributed by atoms with Crippen LogP contribution in [-0.2, 0) is 6.42 Å². The van der Waals surface area contributed by atoms with Crippen LogP contribution in [0.3, 0.4) is 0 Å². The Morgan fingerprint density at radius 2 is 2.04 bits per heavy atom. The second-order valence-electron chi connectivity index (χ2n) is 6.32. The molecule has 0 spiro atoms. The second kappa shape index (κ2) is 8.52. The molecule has 0 aliphatic carbocycles. The molecule has 0 fully saturated rings. The highest BCUT2D eigenvalue weighted by Gasteiger charge is 2.12. The maximum atomic E-state index is 12.9. The average Bonchev–Trinajstić information content (AvgIpc) is 2.69. The molecule has 0 unspecified atom stereocenters. The maximum Gasteiger partial charge on any atom is 0.337 e. The quantitative estimate of drug-likeness (QED) is 0.674. The molecule has 0 saturated carbocycles. The van der Waals surface area contributed by atoms with Gasteiger partial charge in [-0.05, 0) is 49.2 Å². The van der Waals surface area contributed by atoms with Crippen LogP contribution in [0.5, 0.6) is 5.75 Å². The third-order valence-corrected chi connectivity index (χ3v) is 4.30. The minimum absolute atomic E-state index is 0.0508. The molecular weight excluding hydrogens is 356 g/mol. The second-order valence-corrected chi connectivity index (χ2v) is 6.32. The molecule has 0 bridgehead atoms. The van der Waals surface area contributed by atoms with Crippen LogP contribution < -0.4 is 10.3 Å². The Kier molecular flexibility index (Phi) is 5.89. The van der Waals surface area contributed by atoms with Gasteiger partial charge >= 0.3 is 5.97 Å². The minimum Gasteiger partial charge on any atom is -0.494 e. The predicted octanol–water partition coefficient (Wildman–Crippen LogP) is 3.91. The molecule has 2 heterocycles. The molecule has 28 heavy (non-hydrogen) atoms. The number of ether oxygens (including phenoxy) is 1. The van der Waals surface area contributed by atoms with Crippen LogP contribution in [0.2, 0.25) is 0 Å². The van der Waals surface area contributed by atoms with E-state index in [0.717, 1.165) is 17.7 Å². The third kappa shape index (κ3) is 4.11. The summed E-state index contributed by atoms with van der Waals surface area (Å²) in [6, 6.07) is 10.7. The van der Waals surface area contributed by atoms with Crippen LogP contribution in [-0.4, -0.2) is 27.1 Å². The largest absolute Gasteiger partial charge is 0.494 e. The van der Waals surface area contributed by atoms with Crippen LogP contribution in [0, 0.1) is 0 Å². The van der Waals surface area contributed by atoms with Gasteiger partial charge in [0.05, 0.1) is 17.9 Å². The molecule has 1 aromatic carbocycles. The van der Waals surface area contributed by atoms with Crippen molar-refractivity contribution in [3.05, 3.63) is 75.3 Å². The number of benzene rings is 1. The fourth-order valence-electron chi connectivity index (χ4n) is 2.99. The van der Waals surface area contributed by atoms with E-state index in [-0.39, 0.29) is 11.1 Å². The first-order valence-corrected chi connectivity index (χ1v) is 9.23. The van der Waals surface area contributed by atoms with Gasteiger partial charge in [0, 0.05) is 11.8 Å². The van der Waals surface area contributed by atoms with Crippen molar-refractivity contribution < 1.29 is 14.6 Å². The maximum absolute atomic E-state index is 12.9. The summed E-state index contributed by atoms with van der Waals surface area (Å²) in [6.45, 7) is 4.51. The zero-order valence-electron chi connectivity index (χ0n) is 15.9. The fraction of sp³-hybridized carbons (Fsp3) is 0.227. The molecule has 0 amide bonds. The van der Waals surface area contributed by atoms with Crippen LogP contribution in [0.4, 0.5) is 0 Å². The van der Waals surface area contributed by atoms with Gasteiger partial charge in [0.25, 0.3) is 5.56 Å². The van der Waals surface area contributed by atoms with E-state index in [2.05, 4.69) is 4.98 Å². The normalized spacial score (nSPS) is 11.2. The SMILES string of the molecule is CCCc1c(C=Cc2cccc(OCC)c2)nc2ccc(C(=O)O)cn2c1=O. The standard InChI is InChI=1S/C22H22N2O4/c1-3-6-18-19(11-9-15-7-5-8-17(13-15)28-4-2)23-20-12-10-16(22(26)27)14-24(20)21(18)25/h5,7-14H,3-4,6H2,1-2H3,(H,26,27). The highest BCUT2D eigenvalue weighted by molar-refractivity contribution is 5.87.